The Morgan fingerprint density at radius 2 is 1.84 bits per heavy atom. The first-order valence-corrected chi connectivity index (χ1v) is 11.3. The van der Waals surface area contributed by atoms with Crippen LogP contribution in [0.2, 0.25) is 5.02 Å². The van der Waals surface area contributed by atoms with Gasteiger partial charge in [0.2, 0.25) is 0 Å². The van der Waals surface area contributed by atoms with Crippen molar-refractivity contribution in [3.63, 3.8) is 0 Å². The number of alkyl halides is 3. The molecule has 0 unspecified atom stereocenters. The second kappa shape index (κ2) is 9.17. The number of sulfone groups is 1. The molecule has 0 aliphatic carbocycles. The number of pyridine rings is 1. The Kier molecular flexibility index (Phi) is 6.75. The monoisotopic (exact) mass is 484 g/mol. The van der Waals surface area contributed by atoms with Crippen LogP contribution in [0.5, 0.6) is 5.75 Å². The fraction of sp³-hybridized carbons (Fsp3) is 0.143. The fourth-order valence-corrected chi connectivity index (χ4v) is 3.72. The lowest BCUT2D eigenvalue weighted by Gasteiger charge is -2.13. The summed E-state index contributed by atoms with van der Waals surface area (Å²) in [5, 5.41) is 2.81. The summed E-state index contributed by atoms with van der Waals surface area (Å²) in [6.07, 6.45) is -2.56. The molecule has 2 aromatic carbocycles. The van der Waals surface area contributed by atoms with Crippen molar-refractivity contribution in [3.05, 3.63) is 76.9 Å². The minimum atomic E-state index is -4.85. The second-order valence-corrected chi connectivity index (χ2v) is 9.11. The zero-order valence-electron chi connectivity index (χ0n) is 16.5. The number of carbonyl (C=O) groups is 1. The fourth-order valence-electron chi connectivity index (χ4n) is 2.76. The highest BCUT2D eigenvalue weighted by atomic mass is 35.5. The molecule has 1 N–H and O–H groups in total. The van der Waals surface area contributed by atoms with Crippen LogP contribution in [0.25, 0.3) is 11.3 Å². The minimum Gasteiger partial charge on any atom is -0.405 e. The second-order valence-electron chi connectivity index (χ2n) is 6.68. The van der Waals surface area contributed by atoms with Gasteiger partial charge in [0.25, 0.3) is 5.91 Å². The maximum absolute atomic E-state index is 12.6. The third-order valence-electron chi connectivity index (χ3n) is 4.31. The molecule has 0 radical (unpaired) electrons. The van der Waals surface area contributed by atoms with Crippen molar-refractivity contribution in [1.29, 1.82) is 0 Å². The Morgan fingerprint density at radius 3 is 2.44 bits per heavy atom. The van der Waals surface area contributed by atoms with E-state index in [1.165, 1.54) is 54.7 Å². The average molecular weight is 485 g/mol. The molecule has 0 atom stereocenters. The van der Waals surface area contributed by atoms with Gasteiger partial charge >= 0.3 is 6.36 Å². The molecule has 3 aromatic rings. The summed E-state index contributed by atoms with van der Waals surface area (Å²) in [4.78, 5) is 16.5. The molecule has 0 saturated carbocycles. The van der Waals surface area contributed by atoms with Crippen LogP contribution in [0, 0.1) is 0 Å². The number of hydrogen-bond acceptors (Lipinski definition) is 5. The first-order chi connectivity index (χ1) is 14.9. The van der Waals surface area contributed by atoms with Gasteiger partial charge in [-0.05, 0) is 42.0 Å². The Balaban J connectivity index is 1.72. The summed E-state index contributed by atoms with van der Waals surface area (Å²) in [6.45, 7) is 0.0334. The topological polar surface area (TPSA) is 85.4 Å². The van der Waals surface area contributed by atoms with Gasteiger partial charge in [0.15, 0.2) is 9.84 Å². The van der Waals surface area contributed by atoms with Crippen LogP contribution in [-0.4, -0.2) is 31.9 Å². The number of carbonyl (C=O) groups excluding carboxylic acids is 1. The summed E-state index contributed by atoms with van der Waals surface area (Å²) in [5.41, 5.74) is 0.998. The molecule has 1 amide bonds. The number of aromatic nitrogens is 1. The Hall–Kier alpha value is -3.11. The molecular formula is C21H16ClF3N2O4S. The molecule has 1 aromatic heterocycles. The van der Waals surface area contributed by atoms with Gasteiger partial charge in [-0.15, -0.1) is 13.2 Å². The Bertz CT molecular complexity index is 1250. The predicted octanol–water partition coefficient (Wildman–Crippen LogP) is 4.63. The van der Waals surface area contributed by atoms with Crippen LogP contribution in [0.4, 0.5) is 13.2 Å². The number of halogens is 4. The van der Waals surface area contributed by atoms with Crippen LogP contribution < -0.4 is 10.1 Å². The van der Waals surface area contributed by atoms with Gasteiger partial charge in [0.05, 0.1) is 16.2 Å². The molecule has 11 heteroatoms. The summed E-state index contributed by atoms with van der Waals surface area (Å²) in [6, 6.07) is 12.5. The molecular weight excluding hydrogens is 469 g/mol. The SMILES string of the molecule is CS(=O)(=O)c1ccc(CNC(=O)c2ccc(-c3ccccc3OC(F)(F)F)nc2)c(Cl)c1. The van der Waals surface area contributed by atoms with Crippen molar-refractivity contribution in [3.8, 4) is 17.0 Å². The van der Waals surface area contributed by atoms with Crippen molar-refractivity contribution in [1.82, 2.24) is 10.3 Å². The number of para-hydroxylation sites is 1. The summed E-state index contributed by atoms with van der Waals surface area (Å²) in [7, 11) is -3.41. The summed E-state index contributed by atoms with van der Waals surface area (Å²) < 4.78 is 65.0. The molecule has 0 bridgehead atoms. The highest BCUT2D eigenvalue weighted by Crippen LogP contribution is 2.32. The highest BCUT2D eigenvalue weighted by molar-refractivity contribution is 7.90. The minimum absolute atomic E-state index is 0.0334. The first kappa shape index (κ1) is 23.6. The van der Waals surface area contributed by atoms with E-state index < -0.39 is 27.9 Å². The van der Waals surface area contributed by atoms with Gasteiger partial charge in [0, 0.05) is 29.6 Å². The largest absolute Gasteiger partial charge is 0.573 e. The molecule has 0 saturated heterocycles. The molecule has 0 fully saturated rings. The number of hydrogen-bond donors (Lipinski definition) is 1. The number of rotatable bonds is 6. The maximum Gasteiger partial charge on any atom is 0.573 e. The normalized spacial score (nSPS) is 11.8. The lowest BCUT2D eigenvalue weighted by molar-refractivity contribution is -0.274. The number of benzene rings is 2. The lowest BCUT2D eigenvalue weighted by Crippen LogP contribution is -2.23. The molecule has 6 nitrogen and oxygen atoms in total. The standard InChI is InChI=1S/C21H16ClF3N2O4S/c1-32(29,30)15-8-6-13(17(22)10-15)11-27-20(28)14-7-9-18(26-12-14)16-4-2-3-5-19(16)31-21(23,24)25/h2-10,12H,11H2,1H3,(H,27,28). The van der Waals surface area contributed by atoms with E-state index >= 15 is 0 Å². The molecule has 1 heterocycles. The van der Waals surface area contributed by atoms with Gasteiger partial charge in [-0.2, -0.15) is 0 Å². The van der Waals surface area contributed by atoms with Crippen LogP contribution in [0.1, 0.15) is 15.9 Å². The Labute approximate surface area is 186 Å². The zero-order chi connectivity index (χ0) is 23.5. The third-order valence-corrected chi connectivity index (χ3v) is 5.77. The summed E-state index contributed by atoms with van der Waals surface area (Å²) >= 11 is 6.09. The average Bonchev–Trinajstić information content (AvgIpc) is 2.71. The van der Waals surface area contributed by atoms with E-state index in [0.29, 0.717) is 5.56 Å². The van der Waals surface area contributed by atoms with Crippen molar-refractivity contribution in [2.75, 3.05) is 6.26 Å². The van der Waals surface area contributed by atoms with E-state index in [4.69, 9.17) is 11.6 Å². The number of nitrogens with one attached hydrogen (secondary N) is 1. The van der Waals surface area contributed by atoms with E-state index in [-0.39, 0.29) is 33.3 Å². The number of amides is 1. The quantitative estimate of drug-likeness (QED) is 0.551. The van der Waals surface area contributed by atoms with Gasteiger partial charge < -0.3 is 10.1 Å². The van der Waals surface area contributed by atoms with Crippen LogP contribution in [0.15, 0.2) is 65.7 Å². The van der Waals surface area contributed by atoms with E-state index in [9.17, 15) is 26.4 Å². The van der Waals surface area contributed by atoms with Crippen molar-refractivity contribution in [2.24, 2.45) is 0 Å². The first-order valence-electron chi connectivity index (χ1n) is 9.02. The molecule has 0 aliphatic heterocycles. The van der Waals surface area contributed by atoms with Crippen molar-refractivity contribution < 1.29 is 31.1 Å². The van der Waals surface area contributed by atoms with Gasteiger partial charge in [-0.3, -0.25) is 9.78 Å². The smallest absolute Gasteiger partial charge is 0.405 e. The molecule has 0 spiro atoms. The number of nitrogens with zero attached hydrogens (tertiary/aromatic N) is 1. The maximum atomic E-state index is 12.6. The Morgan fingerprint density at radius 1 is 1.12 bits per heavy atom. The van der Waals surface area contributed by atoms with E-state index in [1.54, 1.807) is 6.07 Å². The molecule has 0 aliphatic rings. The third kappa shape index (κ3) is 5.98. The van der Waals surface area contributed by atoms with Gasteiger partial charge in [-0.1, -0.05) is 29.8 Å². The molecule has 3 rings (SSSR count). The van der Waals surface area contributed by atoms with E-state index in [2.05, 4.69) is 15.0 Å². The predicted molar refractivity (Wildman–Crippen MR) is 112 cm³/mol. The van der Waals surface area contributed by atoms with Crippen LogP contribution in [-0.2, 0) is 16.4 Å². The van der Waals surface area contributed by atoms with Gasteiger partial charge in [0.1, 0.15) is 5.75 Å². The number of ether oxygens (including phenoxy) is 1. The summed E-state index contributed by atoms with van der Waals surface area (Å²) in [5.74, 6) is -0.899. The van der Waals surface area contributed by atoms with Crippen LogP contribution in [0.3, 0.4) is 0 Å². The molecule has 168 valence electrons. The zero-order valence-corrected chi connectivity index (χ0v) is 18.1. The highest BCUT2D eigenvalue weighted by Gasteiger charge is 2.32. The lowest BCUT2D eigenvalue weighted by atomic mass is 10.1. The van der Waals surface area contributed by atoms with Crippen molar-refractivity contribution >= 4 is 27.3 Å². The van der Waals surface area contributed by atoms with Crippen LogP contribution >= 0.6 is 11.6 Å². The molecule has 32 heavy (non-hydrogen) atoms. The van der Waals surface area contributed by atoms with E-state index in [1.807, 2.05) is 0 Å². The van der Waals surface area contributed by atoms with Crippen molar-refractivity contribution in [2.45, 2.75) is 17.8 Å². The van der Waals surface area contributed by atoms with E-state index in [0.717, 1.165) is 6.26 Å². The van der Waals surface area contributed by atoms with Gasteiger partial charge in [-0.25, -0.2) is 8.42 Å².